The third-order valence-corrected chi connectivity index (χ3v) is 8.09. The zero-order valence-electron chi connectivity index (χ0n) is 21.3. The van der Waals surface area contributed by atoms with Crippen LogP contribution in [0.5, 0.6) is 5.75 Å². The second-order valence-corrected chi connectivity index (χ2v) is 10.5. The molecule has 192 valence electrons. The van der Waals surface area contributed by atoms with Crippen molar-refractivity contribution in [1.29, 1.82) is 0 Å². The standard InChI is InChI=1S/C30H37FN2O3/c1-32-13-15-33(16-14-32)20-26-19-29(36-21-22-3-8-27(31)9-4-22)11-12-30(26,34)25-7-5-24-18-28(35-2)10-6-23(24)17-25/h3-10,17-18,26,29,34H,11-16,19-21H2,1-2H3. The lowest BCUT2D eigenvalue weighted by Crippen LogP contribution is -2.52. The minimum absolute atomic E-state index is 0.0589. The topological polar surface area (TPSA) is 45.2 Å². The van der Waals surface area contributed by atoms with Gasteiger partial charge >= 0.3 is 0 Å². The SMILES string of the molecule is COc1ccc2cc(C3(O)CCC(OCc4ccc(F)cc4)CC3CN3CCN(C)CC3)ccc2c1. The van der Waals surface area contributed by atoms with Crippen molar-refractivity contribution in [3.63, 3.8) is 0 Å². The van der Waals surface area contributed by atoms with E-state index in [0.29, 0.717) is 13.0 Å². The number of fused-ring (bicyclic) bond motifs is 1. The third kappa shape index (κ3) is 5.57. The molecule has 2 aliphatic rings. The molecule has 0 amide bonds. The molecule has 6 heteroatoms. The average molecular weight is 493 g/mol. The van der Waals surface area contributed by atoms with E-state index >= 15 is 0 Å². The molecule has 2 fully saturated rings. The molecule has 3 atom stereocenters. The van der Waals surface area contributed by atoms with Gasteiger partial charge in [-0.05, 0) is 78.5 Å². The second-order valence-electron chi connectivity index (χ2n) is 10.5. The number of likely N-dealkylation sites (N-methyl/N-ethyl adjacent to an activating group) is 1. The van der Waals surface area contributed by atoms with Gasteiger partial charge < -0.3 is 24.4 Å². The predicted molar refractivity (Wildman–Crippen MR) is 141 cm³/mol. The van der Waals surface area contributed by atoms with Crippen molar-refractivity contribution < 1.29 is 19.0 Å². The molecule has 3 unspecified atom stereocenters. The van der Waals surface area contributed by atoms with E-state index in [4.69, 9.17) is 9.47 Å². The van der Waals surface area contributed by atoms with Gasteiger partial charge in [-0.25, -0.2) is 4.39 Å². The molecule has 0 bridgehead atoms. The Labute approximate surface area is 213 Å². The van der Waals surface area contributed by atoms with Crippen molar-refractivity contribution in [2.24, 2.45) is 5.92 Å². The van der Waals surface area contributed by atoms with Gasteiger partial charge in [0.1, 0.15) is 11.6 Å². The zero-order valence-corrected chi connectivity index (χ0v) is 21.3. The van der Waals surface area contributed by atoms with Crippen molar-refractivity contribution in [1.82, 2.24) is 9.80 Å². The van der Waals surface area contributed by atoms with E-state index < -0.39 is 5.60 Å². The average Bonchev–Trinajstić information content (AvgIpc) is 2.90. The van der Waals surface area contributed by atoms with Crippen LogP contribution in [0.2, 0.25) is 0 Å². The van der Waals surface area contributed by atoms with Gasteiger partial charge in [0, 0.05) is 38.6 Å². The van der Waals surface area contributed by atoms with E-state index in [2.05, 4.69) is 41.1 Å². The van der Waals surface area contributed by atoms with Gasteiger partial charge in [-0.1, -0.05) is 30.3 Å². The summed E-state index contributed by atoms with van der Waals surface area (Å²) in [6.45, 7) is 5.44. The first kappa shape index (κ1) is 25.2. The minimum atomic E-state index is -0.910. The number of benzene rings is 3. The van der Waals surface area contributed by atoms with Crippen LogP contribution in [0, 0.1) is 11.7 Å². The van der Waals surface area contributed by atoms with E-state index in [1.54, 1.807) is 19.2 Å². The van der Waals surface area contributed by atoms with Crippen molar-refractivity contribution in [2.45, 2.75) is 37.6 Å². The Morgan fingerprint density at radius 3 is 2.44 bits per heavy atom. The Balaban J connectivity index is 1.36. The molecule has 0 radical (unpaired) electrons. The van der Waals surface area contributed by atoms with Crippen LogP contribution < -0.4 is 4.74 Å². The third-order valence-electron chi connectivity index (χ3n) is 8.09. The number of halogens is 1. The molecular weight excluding hydrogens is 455 g/mol. The Hall–Kier alpha value is -2.51. The zero-order chi connectivity index (χ0) is 25.1. The van der Waals surface area contributed by atoms with E-state index in [0.717, 1.165) is 73.2 Å². The van der Waals surface area contributed by atoms with Crippen LogP contribution in [0.4, 0.5) is 4.39 Å². The summed E-state index contributed by atoms with van der Waals surface area (Å²) in [5.41, 5.74) is 1.04. The smallest absolute Gasteiger partial charge is 0.123 e. The Kier molecular flexibility index (Phi) is 7.58. The molecule has 1 saturated carbocycles. The van der Waals surface area contributed by atoms with Crippen LogP contribution >= 0.6 is 0 Å². The molecule has 1 saturated heterocycles. The summed E-state index contributed by atoms with van der Waals surface area (Å²) in [6, 6.07) is 18.9. The number of aliphatic hydroxyl groups is 1. The second kappa shape index (κ2) is 10.9. The van der Waals surface area contributed by atoms with E-state index in [1.807, 2.05) is 12.1 Å². The normalized spacial score (nSPS) is 25.8. The lowest BCUT2D eigenvalue weighted by molar-refractivity contribution is -0.114. The highest BCUT2D eigenvalue weighted by Gasteiger charge is 2.44. The first-order valence-electron chi connectivity index (χ1n) is 13.0. The predicted octanol–water partition coefficient (Wildman–Crippen LogP) is 4.81. The molecule has 1 aliphatic heterocycles. The fraction of sp³-hybridized carbons (Fsp3) is 0.467. The number of hydrogen-bond acceptors (Lipinski definition) is 5. The largest absolute Gasteiger partial charge is 0.497 e. The molecule has 0 aromatic heterocycles. The van der Waals surface area contributed by atoms with Crippen molar-refractivity contribution in [3.8, 4) is 5.75 Å². The number of ether oxygens (including phenoxy) is 2. The Bertz CT molecular complexity index is 1160. The summed E-state index contributed by atoms with van der Waals surface area (Å²) in [6.07, 6.45) is 2.31. The minimum Gasteiger partial charge on any atom is -0.497 e. The number of rotatable bonds is 7. The molecular formula is C30H37FN2O3. The molecule has 1 aliphatic carbocycles. The monoisotopic (exact) mass is 492 g/mol. The quantitative estimate of drug-likeness (QED) is 0.513. The van der Waals surface area contributed by atoms with E-state index in [9.17, 15) is 9.50 Å². The van der Waals surface area contributed by atoms with Gasteiger partial charge in [0.2, 0.25) is 0 Å². The summed E-state index contributed by atoms with van der Waals surface area (Å²) in [4.78, 5) is 4.85. The highest BCUT2D eigenvalue weighted by molar-refractivity contribution is 5.84. The lowest BCUT2D eigenvalue weighted by Gasteiger charge is -2.46. The highest BCUT2D eigenvalue weighted by atomic mass is 19.1. The van der Waals surface area contributed by atoms with E-state index in [-0.39, 0.29) is 17.8 Å². The van der Waals surface area contributed by atoms with Crippen molar-refractivity contribution in [3.05, 3.63) is 77.6 Å². The van der Waals surface area contributed by atoms with Gasteiger partial charge in [0.15, 0.2) is 0 Å². The molecule has 5 nitrogen and oxygen atoms in total. The van der Waals surface area contributed by atoms with Crippen LogP contribution in [0.15, 0.2) is 60.7 Å². The molecule has 1 N–H and O–H groups in total. The molecule has 0 spiro atoms. The molecule has 1 heterocycles. The van der Waals surface area contributed by atoms with E-state index in [1.165, 1.54) is 12.1 Å². The highest BCUT2D eigenvalue weighted by Crippen LogP contribution is 2.44. The van der Waals surface area contributed by atoms with Crippen LogP contribution in [0.3, 0.4) is 0 Å². The molecule has 3 aromatic carbocycles. The number of hydrogen-bond donors (Lipinski definition) is 1. The van der Waals surface area contributed by atoms with Crippen molar-refractivity contribution in [2.75, 3.05) is 46.9 Å². The molecule has 36 heavy (non-hydrogen) atoms. The summed E-state index contributed by atoms with van der Waals surface area (Å²) in [7, 11) is 3.84. The van der Waals surface area contributed by atoms with Crippen LogP contribution in [0.1, 0.15) is 30.4 Å². The summed E-state index contributed by atoms with van der Waals surface area (Å²) >= 11 is 0. The summed E-state index contributed by atoms with van der Waals surface area (Å²) in [5, 5.41) is 14.4. The van der Waals surface area contributed by atoms with Crippen LogP contribution in [0.25, 0.3) is 10.8 Å². The maximum absolute atomic E-state index is 13.3. The fourth-order valence-corrected chi connectivity index (χ4v) is 5.73. The lowest BCUT2D eigenvalue weighted by atomic mass is 9.70. The Morgan fingerprint density at radius 1 is 0.972 bits per heavy atom. The maximum Gasteiger partial charge on any atom is 0.123 e. The first-order valence-corrected chi connectivity index (χ1v) is 13.0. The Morgan fingerprint density at radius 2 is 1.69 bits per heavy atom. The number of methoxy groups -OCH3 is 1. The number of nitrogens with zero attached hydrogens (tertiary/aromatic N) is 2. The number of piperazine rings is 1. The van der Waals surface area contributed by atoms with Gasteiger partial charge in [0.05, 0.1) is 25.4 Å². The maximum atomic E-state index is 13.3. The van der Waals surface area contributed by atoms with Gasteiger partial charge in [-0.15, -0.1) is 0 Å². The van der Waals surface area contributed by atoms with Gasteiger partial charge in [-0.2, -0.15) is 0 Å². The van der Waals surface area contributed by atoms with Crippen LogP contribution in [-0.4, -0.2) is 67.9 Å². The molecule has 3 aromatic rings. The van der Waals surface area contributed by atoms with Crippen molar-refractivity contribution >= 4 is 10.8 Å². The van der Waals surface area contributed by atoms with Gasteiger partial charge in [0.25, 0.3) is 0 Å². The first-order chi connectivity index (χ1) is 17.4. The molecule has 5 rings (SSSR count). The van der Waals surface area contributed by atoms with Gasteiger partial charge in [-0.3, -0.25) is 0 Å². The fourth-order valence-electron chi connectivity index (χ4n) is 5.73. The summed E-state index contributed by atoms with van der Waals surface area (Å²) in [5.74, 6) is 0.659. The van der Waals surface area contributed by atoms with Crippen LogP contribution in [-0.2, 0) is 16.9 Å². The summed E-state index contributed by atoms with van der Waals surface area (Å²) < 4.78 is 25.0.